The number of amides is 1. The second-order valence-electron chi connectivity index (χ2n) is 5.89. The third-order valence-corrected chi connectivity index (χ3v) is 3.69. The molecular formula is C15H21N3O2S. The van der Waals surface area contributed by atoms with Crippen molar-refractivity contribution in [1.29, 1.82) is 0 Å². The Hall–Kier alpha value is -1.82. The van der Waals surface area contributed by atoms with E-state index in [0.717, 1.165) is 12.2 Å². The van der Waals surface area contributed by atoms with Crippen molar-refractivity contribution in [2.75, 3.05) is 0 Å². The Morgan fingerprint density at radius 3 is 2.90 bits per heavy atom. The molecule has 21 heavy (non-hydrogen) atoms. The Bertz CT molecular complexity index is 584. The van der Waals surface area contributed by atoms with Gasteiger partial charge in [-0.1, -0.05) is 6.07 Å². The second kappa shape index (κ2) is 6.30. The first-order valence-electron chi connectivity index (χ1n) is 6.87. The lowest BCUT2D eigenvalue weighted by Crippen LogP contribution is -2.34. The molecule has 0 radical (unpaired) electrons. The van der Waals surface area contributed by atoms with Gasteiger partial charge in [0.2, 0.25) is 0 Å². The number of carbonyl (C=O) groups excluding carboxylic acids is 1. The van der Waals surface area contributed by atoms with E-state index in [1.807, 2.05) is 43.7 Å². The zero-order chi connectivity index (χ0) is 15.5. The van der Waals surface area contributed by atoms with Crippen LogP contribution in [0.2, 0.25) is 0 Å². The number of alkyl carbamates (subject to hydrolysis) is 1. The van der Waals surface area contributed by atoms with Gasteiger partial charge in [-0.2, -0.15) is 0 Å². The zero-order valence-corrected chi connectivity index (χ0v) is 13.6. The van der Waals surface area contributed by atoms with Crippen LogP contribution in [-0.4, -0.2) is 21.2 Å². The van der Waals surface area contributed by atoms with Crippen LogP contribution in [0, 0.1) is 0 Å². The molecule has 0 aromatic carbocycles. The fourth-order valence-corrected chi connectivity index (χ4v) is 2.66. The van der Waals surface area contributed by atoms with Gasteiger partial charge in [-0.15, -0.1) is 11.3 Å². The molecule has 0 saturated carbocycles. The standard InChI is InChI=1S/C15H21N3O2S/c1-11(17-14(19)20-15(2,3)4)13-8-16-10-18(13)9-12-6-5-7-21-12/h5-8,10-11H,9H2,1-4H3,(H,17,19). The summed E-state index contributed by atoms with van der Waals surface area (Å²) in [5.41, 5.74) is 0.454. The maximum atomic E-state index is 11.8. The third-order valence-electron chi connectivity index (χ3n) is 2.83. The number of rotatable bonds is 4. The van der Waals surface area contributed by atoms with Crippen LogP contribution in [0.5, 0.6) is 0 Å². The normalized spacial score (nSPS) is 13.0. The van der Waals surface area contributed by atoms with Crippen molar-refractivity contribution >= 4 is 17.4 Å². The lowest BCUT2D eigenvalue weighted by molar-refractivity contribution is 0.0506. The molecule has 0 spiro atoms. The molecule has 5 nitrogen and oxygen atoms in total. The van der Waals surface area contributed by atoms with E-state index in [0.29, 0.717) is 0 Å². The first-order valence-corrected chi connectivity index (χ1v) is 7.75. The van der Waals surface area contributed by atoms with Crippen LogP contribution in [0.1, 0.15) is 44.3 Å². The summed E-state index contributed by atoms with van der Waals surface area (Å²) in [7, 11) is 0. The number of ether oxygens (including phenoxy) is 1. The van der Waals surface area contributed by atoms with Gasteiger partial charge in [-0.05, 0) is 39.1 Å². The Balaban J connectivity index is 2.01. The highest BCUT2D eigenvalue weighted by Gasteiger charge is 2.19. The SMILES string of the molecule is CC(NC(=O)OC(C)(C)C)c1cncn1Cc1cccs1. The minimum absolute atomic E-state index is 0.165. The van der Waals surface area contributed by atoms with Gasteiger partial charge in [0, 0.05) is 4.88 Å². The molecule has 2 aromatic heterocycles. The molecule has 0 bridgehead atoms. The highest BCUT2D eigenvalue weighted by molar-refractivity contribution is 7.09. The molecule has 2 heterocycles. The average molecular weight is 307 g/mol. The lowest BCUT2D eigenvalue weighted by atomic mass is 10.2. The Morgan fingerprint density at radius 2 is 2.29 bits per heavy atom. The molecule has 0 fully saturated rings. The van der Waals surface area contributed by atoms with Crippen molar-refractivity contribution in [3.05, 3.63) is 40.6 Å². The first-order chi connectivity index (χ1) is 9.85. The molecule has 0 saturated heterocycles. The molecule has 1 amide bonds. The summed E-state index contributed by atoms with van der Waals surface area (Å²) >= 11 is 1.70. The Labute approximate surface area is 129 Å². The van der Waals surface area contributed by atoms with E-state index in [1.165, 1.54) is 4.88 Å². The van der Waals surface area contributed by atoms with Crippen molar-refractivity contribution in [1.82, 2.24) is 14.9 Å². The molecule has 1 N–H and O–H groups in total. The monoisotopic (exact) mass is 307 g/mol. The molecule has 0 aliphatic heterocycles. The van der Waals surface area contributed by atoms with E-state index in [2.05, 4.69) is 16.4 Å². The fourth-order valence-electron chi connectivity index (χ4n) is 1.95. The van der Waals surface area contributed by atoms with Crippen LogP contribution in [0.4, 0.5) is 4.79 Å². The number of hydrogen-bond donors (Lipinski definition) is 1. The van der Waals surface area contributed by atoms with E-state index >= 15 is 0 Å². The second-order valence-corrected chi connectivity index (χ2v) is 6.93. The molecule has 0 aliphatic rings. The van der Waals surface area contributed by atoms with Crippen molar-refractivity contribution in [3.63, 3.8) is 0 Å². The first kappa shape index (κ1) is 15.6. The van der Waals surface area contributed by atoms with Gasteiger partial charge in [0.1, 0.15) is 5.60 Å². The molecule has 0 aliphatic carbocycles. The molecule has 2 rings (SSSR count). The van der Waals surface area contributed by atoms with Crippen LogP contribution in [0.15, 0.2) is 30.0 Å². The van der Waals surface area contributed by atoms with Gasteiger partial charge in [-0.3, -0.25) is 0 Å². The highest BCUT2D eigenvalue weighted by Crippen LogP contribution is 2.17. The van der Waals surface area contributed by atoms with Gasteiger partial charge in [0.15, 0.2) is 0 Å². The van der Waals surface area contributed by atoms with Crippen molar-refractivity contribution in [3.8, 4) is 0 Å². The van der Waals surface area contributed by atoms with E-state index in [1.54, 1.807) is 23.9 Å². The van der Waals surface area contributed by atoms with Gasteiger partial charge in [0.25, 0.3) is 0 Å². The van der Waals surface area contributed by atoms with E-state index in [-0.39, 0.29) is 6.04 Å². The smallest absolute Gasteiger partial charge is 0.408 e. The van der Waals surface area contributed by atoms with Crippen LogP contribution < -0.4 is 5.32 Å². The van der Waals surface area contributed by atoms with Crippen LogP contribution in [0.3, 0.4) is 0 Å². The largest absolute Gasteiger partial charge is 0.444 e. The topological polar surface area (TPSA) is 56.1 Å². The molecule has 1 atom stereocenters. The lowest BCUT2D eigenvalue weighted by Gasteiger charge is -2.22. The van der Waals surface area contributed by atoms with E-state index in [4.69, 9.17) is 4.74 Å². The molecule has 114 valence electrons. The molecule has 6 heteroatoms. The minimum Gasteiger partial charge on any atom is -0.444 e. The summed E-state index contributed by atoms with van der Waals surface area (Å²) in [5.74, 6) is 0. The number of nitrogens with one attached hydrogen (secondary N) is 1. The summed E-state index contributed by atoms with van der Waals surface area (Å²) in [4.78, 5) is 17.3. The van der Waals surface area contributed by atoms with Crippen LogP contribution in [-0.2, 0) is 11.3 Å². The number of nitrogens with zero attached hydrogens (tertiary/aromatic N) is 2. The van der Waals surface area contributed by atoms with Crippen molar-refractivity contribution in [2.45, 2.75) is 45.9 Å². The predicted molar refractivity (Wildman–Crippen MR) is 83.4 cm³/mol. The third kappa shape index (κ3) is 4.60. The van der Waals surface area contributed by atoms with Gasteiger partial charge < -0.3 is 14.6 Å². The Morgan fingerprint density at radius 1 is 1.52 bits per heavy atom. The maximum Gasteiger partial charge on any atom is 0.408 e. The number of thiophene rings is 1. The maximum absolute atomic E-state index is 11.8. The van der Waals surface area contributed by atoms with Crippen LogP contribution in [0.25, 0.3) is 0 Å². The number of carbonyl (C=O) groups is 1. The summed E-state index contributed by atoms with van der Waals surface area (Å²) in [5, 5.41) is 4.89. The number of hydrogen-bond acceptors (Lipinski definition) is 4. The highest BCUT2D eigenvalue weighted by atomic mass is 32.1. The summed E-state index contributed by atoms with van der Waals surface area (Å²) in [6.07, 6.45) is 3.14. The summed E-state index contributed by atoms with van der Waals surface area (Å²) in [6.45, 7) is 8.22. The average Bonchev–Trinajstić information content (AvgIpc) is 2.97. The molecular weight excluding hydrogens is 286 g/mol. The number of aromatic nitrogens is 2. The van der Waals surface area contributed by atoms with Crippen LogP contribution >= 0.6 is 11.3 Å². The zero-order valence-electron chi connectivity index (χ0n) is 12.8. The van der Waals surface area contributed by atoms with E-state index in [9.17, 15) is 4.79 Å². The summed E-state index contributed by atoms with van der Waals surface area (Å²) in [6, 6.07) is 3.95. The Kier molecular flexibility index (Phi) is 4.67. The molecule has 1 unspecified atom stereocenters. The van der Waals surface area contributed by atoms with Gasteiger partial charge in [0.05, 0.1) is 30.8 Å². The minimum atomic E-state index is -0.499. The predicted octanol–water partition coefficient (Wildman–Crippen LogP) is 3.58. The van der Waals surface area contributed by atoms with Gasteiger partial charge in [-0.25, -0.2) is 9.78 Å². The van der Waals surface area contributed by atoms with Gasteiger partial charge >= 0.3 is 6.09 Å². The van der Waals surface area contributed by atoms with Crippen molar-refractivity contribution < 1.29 is 9.53 Å². The molecule has 2 aromatic rings. The number of imidazole rings is 1. The van der Waals surface area contributed by atoms with Crippen molar-refractivity contribution in [2.24, 2.45) is 0 Å². The fraction of sp³-hybridized carbons (Fsp3) is 0.467. The quantitative estimate of drug-likeness (QED) is 0.939. The summed E-state index contributed by atoms with van der Waals surface area (Å²) < 4.78 is 7.31. The van der Waals surface area contributed by atoms with E-state index < -0.39 is 11.7 Å².